The highest BCUT2D eigenvalue weighted by Crippen LogP contribution is 2.38. The van der Waals surface area contributed by atoms with Crippen LogP contribution in [0.25, 0.3) is 0 Å². The van der Waals surface area contributed by atoms with Crippen LogP contribution in [0.3, 0.4) is 0 Å². The molecule has 156 valence electrons. The Morgan fingerprint density at radius 2 is 1.71 bits per heavy atom. The summed E-state index contributed by atoms with van der Waals surface area (Å²) in [5, 5.41) is 0. The Balaban J connectivity index is 1.65. The second-order valence-corrected chi connectivity index (χ2v) is 7.78. The van der Waals surface area contributed by atoms with Crippen LogP contribution in [-0.4, -0.2) is 35.5 Å². The first-order chi connectivity index (χ1) is 12.8. The molecule has 2 heterocycles. The molecule has 3 atom stereocenters. The van der Waals surface area contributed by atoms with Crippen LogP contribution in [0.1, 0.15) is 36.5 Å². The first-order valence-electron chi connectivity index (χ1n) is 8.72. The Kier molecular flexibility index (Phi) is 5.16. The molecule has 0 spiro atoms. The van der Waals surface area contributed by atoms with Gasteiger partial charge >= 0.3 is 12.4 Å². The summed E-state index contributed by atoms with van der Waals surface area (Å²) in [6.07, 6.45) is -8.93. The zero-order chi connectivity index (χ0) is 20.9. The molecule has 3 unspecified atom stereocenters. The van der Waals surface area contributed by atoms with Crippen molar-refractivity contribution in [2.24, 2.45) is 11.7 Å². The van der Waals surface area contributed by atoms with Crippen LogP contribution >= 0.6 is 0 Å². The number of fused-ring (bicyclic) bond motifs is 1. The van der Waals surface area contributed by atoms with Gasteiger partial charge in [-0.15, -0.1) is 0 Å². The third kappa shape index (κ3) is 4.27. The van der Waals surface area contributed by atoms with Gasteiger partial charge < -0.3 is 15.4 Å². The summed E-state index contributed by atoms with van der Waals surface area (Å²) < 4.78 is 82.7. The number of ether oxygens (including phenoxy) is 1. The van der Waals surface area contributed by atoms with Gasteiger partial charge in [0.05, 0.1) is 30.4 Å². The molecule has 2 fully saturated rings. The maximum Gasteiger partial charge on any atom is 0.416 e. The van der Waals surface area contributed by atoms with Crippen LogP contribution in [0.4, 0.5) is 26.3 Å². The molecule has 0 saturated carbocycles. The summed E-state index contributed by atoms with van der Waals surface area (Å²) in [4.78, 5) is 13.6. The number of nitrogens with zero attached hydrogens (tertiary/aromatic N) is 1. The topological polar surface area (TPSA) is 55.6 Å². The quantitative estimate of drug-likeness (QED) is 0.773. The average Bonchev–Trinajstić information content (AvgIpc) is 3.05. The number of hydrogen-bond donors (Lipinski definition) is 1. The second kappa shape index (κ2) is 6.91. The monoisotopic (exact) mass is 410 g/mol. The summed E-state index contributed by atoms with van der Waals surface area (Å²) >= 11 is 0. The molecule has 4 nitrogen and oxygen atoms in total. The SMILES string of the molecule is CC1(N)CC(=O)N2CC(COCc3cc(C(F)(F)F)cc(C(F)(F)F)c3)CC21. The second-order valence-electron chi connectivity index (χ2n) is 7.78. The Bertz CT molecular complexity index is 727. The van der Waals surface area contributed by atoms with Gasteiger partial charge in [-0.05, 0) is 37.1 Å². The van der Waals surface area contributed by atoms with Crippen molar-refractivity contribution in [2.75, 3.05) is 13.2 Å². The molecule has 0 aromatic heterocycles. The van der Waals surface area contributed by atoms with E-state index >= 15 is 0 Å². The summed E-state index contributed by atoms with van der Waals surface area (Å²) in [6.45, 7) is 1.95. The smallest absolute Gasteiger partial charge is 0.376 e. The normalized spacial score (nSPS) is 28.1. The standard InChI is InChI=1S/C18H20F6N2O2/c1-16(25)6-15(27)26-7-11(4-14(16)26)9-28-8-10-2-12(17(19,20)21)5-13(3-10)18(22,23)24/h2-3,5,11,14H,4,6-9,25H2,1H3. The molecule has 1 aromatic carbocycles. The molecule has 2 N–H and O–H groups in total. The zero-order valence-electron chi connectivity index (χ0n) is 15.0. The molecular weight excluding hydrogens is 390 g/mol. The van der Waals surface area contributed by atoms with Crippen LogP contribution in [0.2, 0.25) is 0 Å². The van der Waals surface area contributed by atoms with Crippen LogP contribution in [0.5, 0.6) is 0 Å². The first-order valence-corrected chi connectivity index (χ1v) is 8.72. The molecule has 3 rings (SSSR count). The van der Waals surface area contributed by atoms with E-state index < -0.39 is 29.0 Å². The molecular formula is C18H20F6N2O2. The predicted molar refractivity (Wildman–Crippen MR) is 86.9 cm³/mol. The first kappa shape index (κ1) is 20.9. The number of halogens is 6. The molecule has 2 saturated heterocycles. The fraction of sp³-hybridized carbons (Fsp3) is 0.611. The molecule has 1 aromatic rings. The van der Waals surface area contributed by atoms with Crippen molar-refractivity contribution >= 4 is 5.91 Å². The van der Waals surface area contributed by atoms with Crippen LogP contribution in [0.15, 0.2) is 18.2 Å². The minimum Gasteiger partial charge on any atom is -0.376 e. The van der Waals surface area contributed by atoms with E-state index in [9.17, 15) is 31.1 Å². The Morgan fingerprint density at radius 3 is 2.21 bits per heavy atom. The number of alkyl halides is 6. The fourth-order valence-electron chi connectivity index (χ4n) is 3.94. The van der Waals surface area contributed by atoms with Gasteiger partial charge in [0.15, 0.2) is 0 Å². The summed E-state index contributed by atoms with van der Waals surface area (Å²) in [5.41, 5.74) is 2.54. The third-order valence-corrected chi connectivity index (χ3v) is 5.27. The van der Waals surface area contributed by atoms with Gasteiger partial charge in [-0.25, -0.2) is 0 Å². The van der Waals surface area contributed by atoms with Gasteiger partial charge in [-0.2, -0.15) is 26.3 Å². The maximum atomic E-state index is 12.9. The lowest BCUT2D eigenvalue weighted by Gasteiger charge is -2.25. The average molecular weight is 410 g/mol. The van der Waals surface area contributed by atoms with Gasteiger partial charge in [0.25, 0.3) is 0 Å². The third-order valence-electron chi connectivity index (χ3n) is 5.27. The molecule has 10 heteroatoms. The van der Waals surface area contributed by atoms with E-state index in [1.807, 2.05) is 0 Å². The number of amides is 1. The highest BCUT2D eigenvalue weighted by atomic mass is 19.4. The van der Waals surface area contributed by atoms with Gasteiger partial charge in [0.1, 0.15) is 0 Å². The molecule has 0 aliphatic carbocycles. The van der Waals surface area contributed by atoms with E-state index in [1.54, 1.807) is 11.8 Å². The van der Waals surface area contributed by atoms with E-state index in [1.165, 1.54) is 0 Å². The summed E-state index contributed by atoms with van der Waals surface area (Å²) in [5.74, 6) is -0.116. The molecule has 0 radical (unpaired) electrons. The minimum absolute atomic E-state index is 0.0507. The number of nitrogens with two attached hydrogens (primary N) is 1. The number of rotatable bonds is 4. The van der Waals surface area contributed by atoms with Crippen molar-refractivity contribution in [2.45, 2.75) is 50.3 Å². The van der Waals surface area contributed by atoms with Crippen molar-refractivity contribution < 1.29 is 35.9 Å². The minimum atomic E-state index is -4.89. The van der Waals surface area contributed by atoms with Gasteiger partial charge in [-0.1, -0.05) is 0 Å². The van der Waals surface area contributed by atoms with Crippen molar-refractivity contribution in [3.8, 4) is 0 Å². The van der Waals surface area contributed by atoms with Crippen molar-refractivity contribution in [3.05, 3.63) is 34.9 Å². The molecule has 1 amide bonds. The van der Waals surface area contributed by atoms with Crippen molar-refractivity contribution in [3.63, 3.8) is 0 Å². The van der Waals surface area contributed by atoms with Crippen molar-refractivity contribution in [1.82, 2.24) is 4.90 Å². The van der Waals surface area contributed by atoms with Gasteiger partial charge in [0, 0.05) is 24.4 Å². The molecule has 0 bridgehead atoms. The van der Waals surface area contributed by atoms with Crippen LogP contribution in [0, 0.1) is 5.92 Å². The Hall–Kier alpha value is -1.81. The number of carbonyl (C=O) groups is 1. The Morgan fingerprint density at radius 1 is 1.14 bits per heavy atom. The highest BCUT2D eigenvalue weighted by molar-refractivity contribution is 5.81. The largest absolute Gasteiger partial charge is 0.416 e. The van der Waals surface area contributed by atoms with Crippen LogP contribution in [-0.2, 0) is 28.5 Å². The summed E-state index contributed by atoms with van der Waals surface area (Å²) in [6, 6.07) is 1.27. The number of carbonyl (C=O) groups excluding carboxylic acids is 1. The van der Waals surface area contributed by atoms with Gasteiger partial charge in [-0.3, -0.25) is 4.79 Å². The Labute approximate surface area is 157 Å². The fourth-order valence-corrected chi connectivity index (χ4v) is 3.94. The van der Waals surface area contributed by atoms with Crippen molar-refractivity contribution in [1.29, 1.82) is 0 Å². The molecule has 2 aliphatic rings. The van der Waals surface area contributed by atoms with E-state index in [2.05, 4.69) is 0 Å². The predicted octanol–water partition coefficient (Wildman–Crippen LogP) is 3.58. The van der Waals surface area contributed by atoms with Gasteiger partial charge in [0.2, 0.25) is 5.91 Å². The summed E-state index contributed by atoms with van der Waals surface area (Å²) in [7, 11) is 0. The highest BCUT2D eigenvalue weighted by Gasteiger charge is 2.51. The lowest BCUT2D eigenvalue weighted by Crippen LogP contribution is -2.46. The molecule has 28 heavy (non-hydrogen) atoms. The lowest BCUT2D eigenvalue weighted by atomic mass is 9.90. The molecule has 2 aliphatic heterocycles. The maximum absolute atomic E-state index is 12.9. The van der Waals surface area contributed by atoms with E-state index in [0.717, 1.165) is 0 Å². The lowest BCUT2D eigenvalue weighted by molar-refractivity contribution is -0.143. The van der Waals surface area contributed by atoms with E-state index in [4.69, 9.17) is 10.5 Å². The van der Waals surface area contributed by atoms with E-state index in [-0.39, 0.29) is 49.1 Å². The van der Waals surface area contributed by atoms with E-state index in [0.29, 0.717) is 25.1 Å². The van der Waals surface area contributed by atoms with Crippen LogP contribution < -0.4 is 5.73 Å². The zero-order valence-corrected chi connectivity index (χ0v) is 15.0. The number of hydrogen-bond acceptors (Lipinski definition) is 3. The number of benzene rings is 1.